The van der Waals surface area contributed by atoms with Crippen molar-refractivity contribution >= 4 is 5.69 Å². The van der Waals surface area contributed by atoms with Gasteiger partial charge < -0.3 is 10.3 Å². The summed E-state index contributed by atoms with van der Waals surface area (Å²) in [5.74, 6) is 0. The minimum atomic E-state index is 0.395. The van der Waals surface area contributed by atoms with Crippen LogP contribution in [-0.2, 0) is 6.54 Å². The Bertz CT molecular complexity index is 567. The van der Waals surface area contributed by atoms with Crippen molar-refractivity contribution in [2.24, 2.45) is 5.41 Å². The monoisotopic (exact) mass is 256 g/mol. The van der Waals surface area contributed by atoms with E-state index in [1.54, 1.807) is 6.20 Å². The fourth-order valence-electron chi connectivity index (χ4n) is 3.09. The van der Waals surface area contributed by atoms with Gasteiger partial charge in [0.2, 0.25) is 0 Å². The predicted molar refractivity (Wildman–Crippen MR) is 76.4 cm³/mol. The van der Waals surface area contributed by atoms with Crippen LogP contribution in [0.2, 0.25) is 0 Å². The number of nitrogens with zero attached hydrogens (tertiary/aromatic N) is 3. The van der Waals surface area contributed by atoms with Crippen LogP contribution in [0.3, 0.4) is 0 Å². The van der Waals surface area contributed by atoms with Gasteiger partial charge in [0.15, 0.2) is 0 Å². The normalized spacial score (nSPS) is 17.7. The molecule has 0 spiro atoms. The lowest BCUT2D eigenvalue weighted by Crippen LogP contribution is -2.19. The van der Waals surface area contributed by atoms with Crippen molar-refractivity contribution in [2.45, 2.75) is 39.2 Å². The molecular weight excluding hydrogens is 236 g/mol. The maximum absolute atomic E-state index is 6.04. The molecule has 100 valence electrons. The Morgan fingerprint density at radius 3 is 2.79 bits per heavy atom. The molecule has 1 aliphatic carbocycles. The average molecular weight is 256 g/mol. The van der Waals surface area contributed by atoms with E-state index in [0.29, 0.717) is 5.41 Å². The number of imidazole rings is 1. The second kappa shape index (κ2) is 4.68. The Morgan fingerprint density at radius 2 is 2.05 bits per heavy atom. The summed E-state index contributed by atoms with van der Waals surface area (Å²) < 4.78 is 2.22. The predicted octanol–water partition coefficient (Wildman–Crippen LogP) is 3.11. The number of hydrogen-bond acceptors (Lipinski definition) is 3. The molecule has 2 aromatic heterocycles. The van der Waals surface area contributed by atoms with Crippen LogP contribution in [0.4, 0.5) is 5.69 Å². The Balaban J connectivity index is 1.93. The number of nitrogen functional groups attached to an aromatic ring is 1. The van der Waals surface area contributed by atoms with Crippen molar-refractivity contribution in [1.82, 2.24) is 14.5 Å². The lowest BCUT2D eigenvalue weighted by atomic mass is 9.88. The van der Waals surface area contributed by atoms with Crippen LogP contribution < -0.4 is 5.73 Å². The van der Waals surface area contributed by atoms with Gasteiger partial charge in [-0.2, -0.15) is 0 Å². The molecule has 1 aliphatic rings. The quantitative estimate of drug-likeness (QED) is 0.918. The number of rotatable bonds is 3. The highest BCUT2D eigenvalue weighted by molar-refractivity contribution is 5.72. The fraction of sp³-hybridized carbons (Fsp3) is 0.467. The molecule has 0 radical (unpaired) electrons. The topological polar surface area (TPSA) is 56.7 Å². The fourth-order valence-corrected chi connectivity index (χ4v) is 3.09. The van der Waals surface area contributed by atoms with Gasteiger partial charge >= 0.3 is 0 Å². The molecule has 2 N–H and O–H groups in total. The highest BCUT2D eigenvalue weighted by atomic mass is 15.1. The van der Waals surface area contributed by atoms with Crippen molar-refractivity contribution in [2.75, 3.05) is 5.73 Å². The van der Waals surface area contributed by atoms with Gasteiger partial charge in [0.05, 0.1) is 18.2 Å². The minimum absolute atomic E-state index is 0.395. The Kier molecular flexibility index (Phi) is 3.01. The van der Waals surface area contributed by atoms with Gasteiger partial charge in [0.25, 0.3) is 0 Å². The summed E-state index contributed by atoms with van der Waals surface area (Å²) in [4.78, 5) is 8.46. The summed E-state index contributed by atoms with van der Waals surface area (Å²) in [6.45, 7) is 3.38. The van der Waals surface area contributed by atoms with Crippen LogP contribution in [0.5, 0.6) is 0 Å². The zero-order chi connectivity index (χ0) is 13.3. The molecule has 0 unspecified atom stereocenters. The van der Waals surface area contributed by atoms with Crippen LogP contribution >= 0.6 is 0 Å². The summed E-state index contributed by atoms with van der Waals surface area (Å²) in [7, 11) is 0. The van der Waals surface area contributed by atoms with E-state index in [9.17, 15) is 0 Å². The first kappa shape index (κ1) is 12.2. The standard InChI is InChI=1S/C15H20N4/c1-15(5-2-3-6-15)10-19-11-18-9-14(19)12-8-17-7-4-13(12)16/h4,7-9,11H,2-3,5-6,10H2,1H3,(H2,16,17). The van der Waals surface area contributed by atoms with Gasteiger partial charge in [-0.1, -0.05) is 19.8 Å². The number of pyridine rings is 1. The highest BCUT2D eigenvalue weighted by Gasteiger charge is 2.29. The SMILES string of the molecule is CC1(Cn2cncc2-c2cnccc2N)CCCC1. The first-order valence-corrected chi connectivity index (χ1v) is 6.88. The van der Waals surface area contributed by atoms with Crippen LogP contribution in [0, 0.1) is 5.41 Å². The van der Waals surface area contributed by atoms with Gasteiger partial charge in [-0.25, -0.2) is 4.98 Å². The number of nitrogens with two attached hydrogens (primary N) is 1. The van der Waals surface area contributed by atoms with Crippen LogP contribution in [0.15, 0.2) is 31.0 Å². The second-order valence-electron chi connectivity index (χ2n) is 5.89. The third kappa shape index (κ3) is 2.35. The molecule has 2 heterocycles. The molecular formula is C15H20N4. The molecule has 0 atom stereocenters. The smallest absolute Gasteiger partial charge is 0.0951 e. The first-order valence-electron chi connectivity index (χ1n) is 6.88. The Morgan fingerprint density at radius 1 is 1.26 bits per heavy atom. The molecule has 0 aromatic carbocycles. The van der Waals surface area contributed by atoms with E-state index >= 15 is 0 Å². The number of anilines is 1. The van der Waals surface area contributed by atoms with Crippen molar-refractivity contribution in [3.63, 3.8) is 0 Å². The molecule has 19 heavy (non-hydrogen) atoms. The molecule has 0 aliphatic heterocycles. The number of aromatic nitrogens is 3. The van der Waals surface area contributed by atoms with Crippen LogP contribution in [-0.4, -0.2) is 14.5 Å². The van der Waals surface area contributed by atoms with E-state index in [1.807, 2.05) is 24.8 Å². The molecule has 0 saturated heterocycles. The lowest BCUT2D eigenvalue weighted by Gasteiger charge is -2.25. The van der Waals surface area contributed by atoms with Crippen molar-refractivity contribution in [1.29, 1.82) is 0 Å². The molecule has 0 amide bonds. The average Bonchev–Trinajstić information content (AvgIpc) is 3.00. The van der Waals surface area contributed by atoms with Crippen molar-refractivity contribution in [3.05, 3.63) is 31.0 Å². The third-order valence-corrected chi connectivity index (χ3v) is 4.21. The summed E-state index contributed by atoms with van der Waals surface area (Å²) in [5, 5.41) is 0. The largest absolute Gasteiger partial charge is 0.398 e. The Labute approximate surface area is 113 Å². The molecule has 1 fully saturated rings. The molecule has 4 nitrogen and oxygen atoms in total. The zero-order valence-electron chi connectivity index (χ0n) is 11.3. The molecule has 4 heteroatoms. The Hall–Kier alpha value is -1.84. The van der Waals surface area contributed by atoms with Gasteiger partial charge in [-0.3, -0.25) is 4.98 Å². The van der Waals surface area contributed by atoms with Gasteiger partial charge in [-0.15, -0.1) is 0 Å². The van der Waals surface area contributed by atoms with E-state index in [-0.39, 0.29) is 0 Å². The summed E-state index contributed by atoms with van der Waals surface area (Å²) in [6.07, 6.45) is 12.6. The van der Waals surface area contributed by atoms with Gasteiger partial charge in [0, 0.05) is 30.2 Å². The van der Waals surface area contributed by atoms with Crippen molar-refractivity contribution < 1.29 is 0 Å². The lowest BCUT2D eigenvalue weighted by molar-refractivity contribution is 0.283. The zero-order valence-corrected chi connectivity index (χ0v) is 11.3. The van der Waals surface area contributed by atoms with Crippen LogP contribution in [0.25, 0.3) is 11.3 Å². The highest BCUT2D eigenvalue weighted by Crippen LogP contribution is 2.40. The maximum Gasteiger partial charge on any atom is 0.0951 e. The summed E-state index contributed by atoms with van der Waals surface area (Å²) in [5.41, 5.74) is 9.24. The van der Waals surface area contributed by atoms with E-state index < -0.39 is 0 Å². The molecule has 3 rings (SSSR count). The van der Waals surface area contributed by atoms with Crippen molar-refractivity contribution in [3.8, 4) is 11.3 Å². The van der Waals surface area contributed by atoms with Crippen LogP contribution in [0.1, 0.15) is 32.6 Å². The summed E-state index contributed by atoms with van der Waals surface area (Å²) >= 11 is 0. The van der Waals surface area contributed by atoms with Gasteiger partial charge in [0.1, 0.15) is 0 Å². The van der Waals surface area contributed by atoms with E-state index in [2.05, 4.69) is 21.5 Å². The second-order valence-corrected chi connectivity index (χ2v) is 5.89. The number of hydrogen-bond donors (Lipinski definition) is 1. The van der Waals surface area contributed by atoms with Gasteiger partial charge in [-0.05, 0) is 24.3 Å². The molecule has 0 bridgehead atoms. The van der Waals surface area contributed by atoms with E-state index in [4.69, 9.17) is 5.73 Å². The summed E-state index contributed by atoms with van der Waals surface area (Å²) in [6, 6.07) is 1.84. The van der Waals surface area contributed by atoms with E-state index in [1.165, 1.54) is 25.7 Å². The minimum Gasteiger partial charge on any atom is -0.398 e. The molecule has 2 aromatic rings. The molecule has 1 saturated carbocycles. The third-order valence-electron chi connectivity index (χ3n) is 4.21. The van der Waals surface area contributed by atoms with E-state index in [0.717, 1.165) is 23.5 Å². The maximum atomic E-state index is 6.04. The first-order chi connectivity index (χ1) is 9.18.